The van der Waals surface area contributed by atoms with E-state index in [0.29, 0.717) is 11.6 Å². The van der Waals surface area contributed by atoms with Gasteiger partial charge in [0.1, 0.15) is 0 Å². The summed E-state index contributed by atoms with van der Waals surface area (Å²) in [5, 5.41) is 3.84. The number of amides is 2. The van der Waals surface area contributed by atoms with E-state index in [1.54, 1.807) is 6.92 Å². The zero-order chi connectivity index (χ0) is 14.0. The molecule has 1 saturated heterocycles. The van der Waals surface area contributed by atoms with Crippen LogP contribution in [-0.4, -0.2) is 29.3 Å². The summed E-state index contributed by atoms with van der Waals surface area (Å²) in [4.78, 5) is 24.9. The van der Waals surface area contributed by atoms with Gasteiger partial charge >= 0.3 is 0 Å². The van der Waals surface area contributed by atoms with Gasteiger partial charge in [0.2, 0.25) is 11.8 Å². The lowest BCUT2D eigenvalue weighted by Crippen LogP contribution is -2.39. The van der Waals surface area contributed by atoms with Gasteiger partial charge in [0.15, 0.2) is 0 Å². The number of hydrogen-bond acceptors (Lipinski definition) is 3. The Morgan fingerprint density at radius 1 is 1.42 bits per heavy atom. The lowest BCUT2D eigenvalue weighted by atomic mass is 10.1. The Balaban J connectivity index is 2.08. The first kappa shape index (κ1) is 14.0. The van der Waals surface area contributed by atoms with Gasteiger partial charge in [0, 0.05) is 17.6 Å². The Morgan fingerprint density at radius 3 is 2.68 bits per heavy atom. The topological polar surface area (TPSA) is 49.4 Å². The van der Waals surface area contributed by atoms with Gasteiger partial charge in [-0.25, -0.2) is 0 Å². The number of benzene rings is 1. The third kappa shape index (κ3) is 2.80. The van der Waals surface area contributed by atoms with Crippen molar-refractivity contribution >= 4 is 23.4 Å². The molecule has 1 N–H and O–H groups in total. The number of hydrogen-bond donors (Lipinski definition) is 1. The van der Waals surface area contributed by atoms with Gasteiger partial charge in [-0.15, -0.1) is 0 Å². The number of likely N-dealkylation sites (tertiary alicyclic amines) is 1. The third-order valence-electron chi connectivity index (χ3n) is 3.38. The van der Waals surface area contributed by atoms with Crippen LogP contribution in [0.1, 0.15) is 31.9 Å². The fourth-order valence-corrected chi connectivity index (χ4v) is 2.66. The number of carbonyl (C=O) groups excluding carboxylic acids is 2. The van der Waals surface area contributed by atoms with Gasteiger partial charge in [0.25, 0.3) is 0 Å². The SMILES string of the molecule is CCN1C(=O)CC(NC(C)c2ccccc2Cl)C1=O. The van der Waals surface area contributed by atoms with Crippen molar-refractivity contribution in [1.82, 2.24) is 10.2 Å². The summed E-state index contributed by atoms with van der Waals surface area (Å²) in [6, 6.07) is 6.97. The van der Waals surface area contributed by atoms with E-state index in [-0.39, 0.29) is 24.3 Å². The molecule has 2 amide bonds. The number of halogens is 1. The summed E-state index contributed by atoms with van der Waals surface area (Å²) >= 11 is 6.12. The van der Waals surface area contributed by atoms with Crippen molar-refractivity contribution in [3.05, 3.63) is 34.9 Å². The number of rotatable bonds is 4. The van der Waals surface area contributed by atoms with E-state index in [4.69, 9.17) is 11.6 Å². The Kier molecular flexibility index (Phi) is 4.22. The van der Waals surface area contributed by atoms with Gasteiger partial charge in [-0.2, -0.15) is 0 Å². The molecule has 1 fully saturated rings. The van der Waals surface area contributed by atoms with Crippen molar-refractivity contribution in [2.75, 3.05) is 6.54 Å². The highest BCUT2D eigenvalue weighted by Crippen LogP contribution is 2.24. The van der Waals surface area contributed by atoms with Crippen LogP contribution in [-0.2, 0) is 9.59 Å². The van der Waals surface area contributed by atoms with Crippen LogP contribution in [0.5, 0.6) is 0 Å². The fourth-order valence-electron chi connectivity index (χ4n) is 2.36. The molecule has 1 aliphatic rings. The molecule has 1 aliphatic heterocycles. The van der Waals surface area contributed by atoms with Crippen molar-refractivity contribution in [2.24, 2.45) is 0 Å². The Hall–Kier alpha value is -1.39. The van der Waals surface area contributed by atoms with Crippen LogP contribution in [0, 0.1) is 0 Å². The van der Waals surface area contributed by atoms with Gasteiger partial charge in [0.05, 0.1) is 12.5 Å². The van der Waals surface area contributed by atoms with Gasteiger partial charge in [-0.1, -0.05) is 29.8 Å². The van der Waals surface area contributed by atoms with Crippen LogP contribution >= 0.6 is 11.6 Å². The second-order valence-corrected chi connectivity index (χ2v) is 5.05. The minimum absolute atomic E-state index is 0.0766. The quantitative estimate of drug-likeness (QED) is 0.860. The smallest absolute Gasteiger partial charge is 0.246 e. The molecular weight excluding hydrogens is 264 g/mol. The number of carbonyl (C=O) groups is 2. The van der Waals surface area contributed by atoms with E-state index in [2.05, 4.69) is 5.32 Å². The highest BCUT2D eigenvalue weighted by molar-refractivity contribution is 6.31. The Morgan fingerprint density at radius 2 is 2.11 bits per heavy atom. The molecule has 1 heterocycles. The van der Waals surface area contributed by atoms with E-state index in [1.165, 1.54) is 4.90 Å². The predicted molar refractivity (Wildman–Crippen MR) is 73.8 cm³/mol. The molecule has 0 radical (unpaired) electrons. The normalized spacial score (nSPS) is 21.0. The summed E-state index contributed by atoms with van der Waals surface area (Å²) in [5.41, 5.74) is 0.930. The van der Waals surface area contributed by atoms with E-state index in [1.807, 2.05) is 31.2 Å². The molecule has 0 aromatic heterocycles. The summed E-state index contributed by atoms with van der Waals surface area (Å²) in [7, 11) is 0. The monoisotopic (exact) mass is 280 g/mol. The molecule has 19 heavy (non-hydrogen) atoms. The molecule has 2 unspecified atom stereocenters. The van der Waals surface area contributed by atoms with Crippen LogP contribution < -0.4 is 5.32 Å². The molecule has 0 bridgehead atoms. The molecular formula is C14H17ClN2O2. The molecule has 0 spiro atoms. The zero-order valence-corrected chi connectivity index (χ0v) is 11.8. The molecule has 4 nitrogen and oxygen atoms in total. The number of nitrogens with zero attached hydrogens (tertiary/aromatic N) is 1. The van der Waals surface area contributed by atoms with Gasteiger partial charge in [-0.05, 0) is 25.5 Å². The summed E-state index contributed by atoms with van der Waals surface area (Å²) in [6.07, 6.45) is 0.224. The molecule has 102 valence electrons. The summed E-state index contributed by atoms with van der Waals surface area (Å²) in [5.74, 6) is -0.261. The van der Waals surface area contributed by atoms with E-state index in [0.717, 1.165) is 5.56 Å². The zero-order valence-electron chi connectivity index (χ0n) is 11.0. The highest BCUT2D eigenvalue weighted by Gasteiger charge is 2.38. The number of imide groups is 1. The largest absolute Gasteiger partial charge is 0.299 e. The molecule has 1 aromatic rings. The third-order valence-corrected chi connectivity index (χ3v) is 3.73. The van der Waals surface area contributed by atoms with Crippen LogP contribution in [0.4, 0.5) is 0 Å². The van der Waals surface area contributed by atoms with Gasteiger partial charge in [-0.3, -0.25) is 19.8 Å². The molecule has 0 aliphatic carbocycles. The second kappa shape index (κ2) is 5.72. The molecule has 1 aromatic carbocycles. The van der Waals surface area contributed by atoms with Crippen LogP contribution in [0.25, 0.3) is 0 Å². The Bertz CT molecular complexity index is 504. The van der Waals surface area contributed by atoms with Gasteiger partial charge < -0.3 is 0 Å². The predicted octanol–water partition coefficient (Wildman–Crippen LogP) is 2.14. The van der Waals surface area contributed by atoms with Crippen molar-refractivity contribution in [3.63, 3.8) is 0 Å². The molecule has 5 heteroatoms. The average Bonchev–Trinajstić information content (AvgIpc) is 2.64. The first-order chi connectivity index (χ1) is 9.04. The second-order valence-electron chi connectivity index (χ2n) is 4.64. The van der Waals surface area contributed by atoms with E-state index < -0.39 is 6.04 Å². The Labute approximate surface area is 117 Å². The standard InChI is InChI=1S/C14H17ClN2O2/c1-3-17-13(18)8-12(14(17)19)16-9(2)10-6-4-5-7-11(10)15/h4-7,9,12,16H,3,8H2,1-2H3. The first-order valence-corrected chi connectivity index (χ1v) is 6.77. The van der Waals surface area contributed by atoms with Crippen LogP contribution in [0.3, 0.4) is 0 Å². The van der Waals surface area contributed by atoms with Crippen molar-refractivity contribution in [1.29, 1.82) is 0 Å². The fraction of sp³-hybridized carbons (Fsp3) is 0.429. The van der Waals surface area contributed by atoms with E-state index >= 15 is 0 Å². The number of nitrogens with one attached hydrogen (secondary N) is 1. The highest BCUT2D eigenvalue weighted by atomic mass is 35.5. The summed E-state index contributed by atoms with van der Waals surface area (Å²) < 4.78 is 0. The minimum Gasteiger partial charge on any atom is -0.299 e. The first-order valence-electron chi connectivity index (χ1n) is 6.39. The maximum atomic E-state index is 12.0. The molecule has 0 saturated carbocycles. The lowest BCUT2D eigenvalue weighted by molar-refractivity contribution is -0.138. The van der Waals surface area contributed by atoms with Crippen molar-refractivity contribution in [3.8, 4) is 0 Å². The van der Waals surface area contributed by atoms with Crippen molar-refractivity contribution in [2.45, 2.75) is 32.4 Å². The van der Waals surface area contributed by atoms with Crippen LogP contribution in [0.2, 0.25) is 5.02 Å². The molecule has 2 atom stereocenters. The van der Waals surface area contributed by atoms with Crippen molar-refractivity contribution < 1.29 is 9.59 Å². The summed E-state index contributed by atoms with van der Waals surface area (Å²) in [6.45, 7) is 4.17. The maximum absolute atomic E-state index is 12.0. The molecule has 2 rings (SSSR count). The lowest BCUT2D eigenvalue weighted by Gasteiger charge is -2.19. The maximum Gasteiger partial charge on any atom is 0.246 e. The van der Waals surface area contributed by atoms with E-state index in [9.17, 15) is 9.59 Å². The average molecular weight is 281 g/mol. The van der Waals surface area contributed by atoms with Crippen LogP contribution in [0.15, 0.2) is 24.3 Å². The number of likely N-dealkylation sites (N-methyl/N-ethyl adjacent to an activating group) is 1. The minimum atomic E-state index is -0.446.